The maximum absolute atomic E-state index is 11.7. The second-order valence-corrected chi connectivity index (χ2v) is 8.78. The number of benzene rings is 1. The SMILES string of the molecule is O=C(O)c1cnc(Nc2ccccc2)cc1N[C@@H]1[C@@H]2CC3C[C@H]1C[C@@](O)(C3)C2. The number of aromatic carboxylic acids is 1. The highest BCUT2D eigenvalue weighted by atomic mass is 16.4. The van der Waals surface area contributed by atoms with Crippen LogP contribution in [-0.2, 0) is 0 Å². The monoisotopic (exact) mass is 379 g/mol. The molecule has 0 spiro atoms. The van der Waals surface area contributed by atoms with E-state index in [2.05, 4.69) is 15.6 Å². The minimum absolute atomic E-state index is 0.186. The smallest absolute Gasteiger partial charge is 0.339 e. The molecule has 4 aliphatic rings. The van der Waals surface area contributed by atoms with Gasteiger partial charge in [-0.25, -0.2) is 9.78 Å². The highest BCUT2D eigenvalue weighted by molar-refractivity contribution is 5.94. The van der Waals surface area contributed by atoms with Gasteiger partial charge in [0, 0.05) is 24.0 Å². The number of carboxylic acid groups (broad SMARTS) is 1. The Bertz CT molecular complexity index is 885. The summed E-state index contributed by atoms with van der Waals surface area (Å²) in [6.45, 7) is 0. The number of nitrogens with one attached hydrogen (secondary N) is 2. The molecule has 6 heteroatoms. The zero-order valence-corrected chi connectivity index (χ0v) is 15.6. The summed E-state index contributed by atoms with van der Waals surface area (Å²) < 4.78 is 0. The number of rotatable bonds is 5. The number of pyridine rings is 1. The van der Waals surface area contributed by atoms with Crippen LogP contribution < -0.4 is 10.6 Å². The first-order valence-electron chi connectivity index (χ1n) is 10.0. The van der Waals surface area contributed by atoms with Crippen LogP contribution in [0.1, 0.15) is 42.5 Å². The van der Waals surface area contributed by atoms with Gasteiger partial charge in [0.2, 0.25) is 0 Å². The van der Waals surface area contributed by atoms with E-state index in [1.165, 1.54) is 6.20 Å². The molecule has 1 aromatic heterocycles. The van der Waals surface area contributed by atoms with Gasteiger partial charge in [-0.2, -0.15) is 0 Å². The Morgan fingerprint density at radius 3 is 2.46 bits per heavy atom. The van der Waals surface area contributed by atoms with Crippen molar-refractivity contribution in [2.24, 2.45) is 17.8 Å². The van der Waals surface area contributed by atoms with Gasteiger partial charge in [-0.3, -0.25) is 0 Å². The molecule has 0 radical (unpaired) electrons. The van der Waals surface area contributed by atoms with Gasteiger partial charge >= 0.3 is 5.97 Å². The maximum atomic E-state index is 11.7. The zero-order valence-electron chi connectivity index (χ0n) is 15.6. The molecule has 146 valence electrons. The average molecular weight is 379 g/mol. The summed E-state index contributed by atoms with van der Waals surface area (Å²) in [6, 6.07) is 11.7. The van der Waals surface area contributed by atoms with Gasteiger partial charge in [0.1, 0.15) is 11.4 Å². The van der Waals surface area contributed by atoms with Gasteiger partial charge < -0.3 is 20.8 Å². The molecule has 4 N–H and O–H groups in total. The summed E-state index contributed by atoms with van der Waals surface area (Å²) in [6.07, 6.45) is 6.24. The molecule has 4 saturated carbocycles. The zero-order chi connectivity index (χ0) is 19.3. The standard InChI is InChI=1S/C22H25N3O3/c26-21(27)17-12-23-19(24-16-4-2-1-3-5-16)8-18(17)25-20-14-6-13-7-15(20)11-22(28,9-13)10-14/h1-5,8,12-15,20,28H,6-7,9-11H2,(H,26,27)(H2,23,24,25)/t13?,14-,15+,20-,22-. The Labute approximate surface area is 164 Å². The molecule has 0 saturated heterocycles. The Morgan fingerprint density at radius 2 is 1.82 bits per heavy atom. The first kappa shape index (κ1) is 17.5. The number of hydrogen-bond donors (Lipinski definition) is 4. The molecule has 6 rings (SSSR count). The van der Waals surface area contributed by atoms with Crippen molar-refractivity contribution in [1.29, 1.82) is 0 Å². The van der Waals surface area contributed by atoms with E-state index < -0.39 is 11.6 Å². The number of carbonyl (C=O) groups is 1. The number of nitrogens with zero attached hydrogens (tertiary/aromatic N) is 1. The van der Waals surface area contributed by atoms with Crippen molar-refractivity contribution in [3.8, 4) is 0 Å². The van der Waals surface area contributed by atoms with Crippen LogP contribution in [0.3, 0.4) is 0 Å². The van der Waals surface area contributed by atoms with Gasteiger partial charge in [0.15, 0.2) is 0 Å². The van der Waals surface area contributed by atoms with Crippen molar-refractivity contribution < 1.29 is 15.0 Å². The number of para-hydroxylation sites is 1. The van der Waals surface area contributed by atoms with Gasteiger partial charge in [0.05, 0.1) is 11.3 Å². The molecule has 1 heterocycles. The van der Waals surface area contributed by atoms with E-state index >= 15 is 0 Å². The van der Waals surface area contributed by atoms with Crippen LogP contribution in [0.4, 0.5) is 17.2 Å². The highest BCUT2D eigenvalue weighted by Gasteiger charge is 2.54. The molecule has 1 unspecified atom stereocenters. The van der Waals surface area contributed by atoms with Crippen LogP contribution in [0, 0.1) is 17.8 Å². The molecule has 5 atom stereocenters. The second kappa shape index (κ2) is 6.48. The molecule has 6 nitrogen and oxygen atoms in total. The van der Waals surface area contributed by atoms with Crippen molar-refractivity contribution in [3.05, 3.63) is 48.2 Å². The van der Waals surface area contributed by atoms with E-state index in [-0.39, 0.29) is 11.6 Å². The number of aromatic nitrogens is 1. The van der Waals surface area contributed by atoms with Gasteiger partial charge in [-0.05, 0) is 62.0 Å². The lowest BCUT2D eigenvalue weighted by Gasteiger charge is -2.58. The fourth-order valence-electron chi connectivity index (χ4n) is 5.88. The quantitative estimate of drug-likeness (QED) is 0.630. The minimum Gasteiger partial charge on any atom is -0.478 e. The minimum atomic E-state index is -0.983. The average Bonchev–Trinajstić information content (AvgIpc) is 2.64. The van der Waals surface area contributed by atoms with Gasteiger partial charge in [-0.1, -0.05) is 18.2 Å². The van der Waals surface area contributed by atoms with E-state index in [9.17, 15) is 15.0 Å². The summed E-state index contributed by atoms with van der Waals surface area (Å²) in [4.78, 5) is 16.0. The third-order valence-electron chi connectivity index (χ3n) is 6.74. The Balaban J connectivity index is 1.42. The Morgan fingerprint density at radius 1 is 1.11 bits per heavy atom. The highest BCUT2D eigenvalue weighted by Crippen LogP contribution is 2.56. The van der Waals surface area contributed by atoms with Gasteiger partial charge in [-0.15, -0.1) is 0 Å². The van der Waals surface area contributed by atoms with E-state index in [0.29, 0.717) is 29.3 Å². The first-order valence-corrected chi connectivity index (χ1v) is 10.0. The number of anilines is 3. The topological polar surface area (TPSA) is 94.5 Å². The summed E-state index contributed by atoms with van der Waals surface area (Å²) >= 11 is 0. The lowest BCUT2D eigenvalue weighted by Crippen LogP contribution is -2.59. The third kappa shape index (κ3) is 3.11. The fraction of sp³-hybridized carbons (Fsp3) is 0.455. The summed E-state index contributed by atoms with van der Waals surface area (Å²) in [7, 11) is 0. The van der Waals surface area contributed by atoms with E-state index in [1.807, 2.05) is 30.3 Å². The van der Waals surface area contributed by atoms with E-state index in [1.54, 1.807) is 6.07 Å². The van der Waals surface area contributed by atoms with Crippen molar-refractivity contribution in [1.82, 2.24) is 4.98 Å². The van der Waals surface area contributed by atoms with Crippen molar-refractivity contribution >= 4 is 23.2 Å². The first-order chi connectivity index (χ1) is 13.5. The van der Waals surface area contributed by atoms with Crippen LogP contribution >= 0.6 is 0 Å². The molecule has 28 heavy (non-hydrogen) atoms. The molecule has 4 bridgehead atoms. The maximum Gasteiger partial charge on any atom is 0.339 e. The fourth-order valence-corrected chi connectivity index (χ4v) is 5.88. The van der Waals surface area contributed by atoms with E-state index in [4.69, 9.17) is 0 Å². The summed E-state index contributed by atoms with van der Waals surface area (Å²) in [5.74, 6) is 1.05. The third-order valence-corrected chi connectivity index (χ3v) is 6.74. The van der Waals surface area contributed by atoms with Crippen molar-refractivity contribution in [2.45, 2.75) is 43.7 Å². The Hall–Kier alpha value is -2.60. The largest absolute Gasteiger partial charge is 0.478 e. The molecule has 0 amide bonds. The second-order valence-electron chi connectivity index (χ2n) is 8.78. The predicted molar refractivity (Wildman–Crippen MR) is 107 cm³/mol. The lowest BCUT2D eigenvalue weighted by molar-refractivity contribution is -0.129. The van der Waals surface area contributed by atoms with Crippen LogP contribution in [0.2, 0.25) is 0 Å². The normalized spacial score (nSPS) is 32.9. The predicted octanol–water partition coefficient (Wildman–Crippen LogP) is 3.87. The molecule has 1 aromatic carbocycles. The van der Waals surface area contributed by atoms with Crippen LogP contribution in [0.25, 0.3) is 0 Å². The van der Waals surface area contributed by atoms with Crippen LogP contribution in [0.15, 0.2) is 42.6 Å². The van der Waals surface area contributed by atoms with Crippen LogP contribution in [-0.4, -0.2) is 32.8 Å². The van der Waals surface area contributed by atoms with Crippen molar-refractivity contribution in [2.75, 3.05) is 10.6 Å². The van der Waals surface area contributed by atoms with Crippen LogP contribution in [0.5, 0.6) is 0 Å². The number of aliphatic hydroxyl groups is 1. The molecule has 4 fully saturated rings. The molecular weight excluding hydrogens is 354 g/mol. The number of carboxylic acids is 1. The molecule has 0 aliphatic heterocycles. The molecule has 4 aliphatic carbocycles. The molecule has 2 aromatic rings. The van der Waals surface area contributed by atoms with E-state index in [0.717, 1.165) is 37.8 Å². The lowest BCUT2D eigenvalue weighted by atomic mass is 9.52. The molecular formula is C22H25N3O3. The van der Waals surface area contributed by atoms with Gasteiger partial charge in [0.25, 0.3) is 0 Å². The summed E-state index contributed by atoms with van der Waals surface area (Å²) in [5, 5.41) is 27.2. The number of hydrogen-bond acceptors (Lipinski definition) is 5. The van der Waals surface area contributed by atoms with Crippen molar-refractivity contribution in [3.63, 3.8) is 0 Å². The summed E-state index contributed by atoms with van der Waals surface area (Å²) in [5.41, 5.74) is 1.19. The Kier molecular flexibility index (Phi) is 4.05.